The van der Waals surface area contributed by atoms with E-state index in [1.807, 2.05) is 182 Å². The molecule has 0 heterocycles. The number of benzene rings is 6. The van der Waals surface area contributed by atoms with E-state index in [9.17, 15) is 0 Å². The minimum Gasteiger partial charge on any atom is -0.409 e. The van der Waals surface area contributed by atoms with Gasteiger partial charge in [0.05, 0.1) is 0 Å². The Morgan fingerprint density at radius 3 is 0.472 bits per heavy atom. The van der Waals surface area contributed by atoms with Gasteiger partial charge in [-0.1, -0.05) is 109 Å². The molecule has 0 aliphatic rings. The minimum absolute atomic E-state index is 0. The Morgan fingerprint density at radius 1 is 0.245 bits per heavy atom. The molecule has 8 radical (unpaired) electrons. The zero-order chi connectivity index (χ0) is 38.1. The number of hydrogen-bond acceptors (Lipinski definition) is 10. The number of hydrogen-bond donors (Lipinski definition) is 0. The molecule has 266 valence electrons. The van der Waals surface area contributed by atoms with Crippen molar-refractivity contribution in [3.05, 3.63) is 182 Å². The first-order valence-electron chi connectivity index (χ1n) is 14.6. The third kappa shape index (κ3) is 20.7. The fraction of sp³-hybridized carbons (Fsp3) is 0. The van der Waals surface area contributed by atoms with E-state index < -0.39 is 17.2 Å². The van der Waals surface area contributed by atoms with Gasteiger partial charge in [-0.05, 0) is 72.8 Å². The summed E-state index contributed by atoms with van der Waals surface area (Å²) in [6, 6.07) is 57.0. The average molecular weight is 829 g/mol. The molecule has 0 atom stereocenters. The largest absolute Gasteiger partial charge is 0.530 e. The first kappa shape index (κ1) is 47.3. The predicted octanol–water partition coefficient (Wildman–Crippen LogP) is 9.31. The van der Waals surface area contributed by atoms with Gasteiger partial charge in [0.15, 0.2) is 0 Å². The predicted molar refractivity (Wildman–Crippen MR) is 199 cm³/mol. The normalized spacial score (nSPS) is 8.79. The van der Waals surface area contributed by atoms with Crippen LogP contribution < -0.4 is 27.1 Å². The van der Waals surface area contributed by atoms with Crippen molar-refractivity contribution in [1.82, 2.24) is 0 Å². The third-order valence-electron chi connectivity index (χ3n) is 5.54. The van der Waals surface area contributed by atoms with Crippen LogP contribution in [-0.2, 0) is 40.2 Å². The van der Waals surface area contributed by atoms with E-state index in [1.165, 1.54) is 0 Å². The Hall–Kier alpha value is -5.65. The fourth-order valence-electron chi connectivity index (χ4n) is 3.52. The topological polar surface area (TPSA) is 124 Å². The zero-order valence-corrected chi connectivity index (χ0v) is 31.5. The van der Waals surface area contributed by atoms with Crippen molar-refractivity contribution in [3.8, 4) is 34.5 Å². The Bertz CT molecular complexity index is 1350. The van der Waals surface area contributed by atoms with Gasteiger partial charge >= 0.3 is 17.2 Å². The van der Waals surface area contributed by atoms with Crippen molar-refractivity contribution in [2.75, 3.05) is 0 Å². The summed E-state index contributed by atoms with van der Waals surface area (Å²) in [6.45, 7) is 18.0. The molecule has 6 aromatic rings. The van der Waals surface area contributed by atoms with Crippen molar-refractivity contribution >= 4 is 44.4 Å². The van der Waals surface area contributed by atoms with Gasteiger partial charge in [-0.2, -0.15) is 0 Å². The summed E-state index contributed by atoms with van der Waals surface area (Å²) < 4.78 is 35.1. The molecule has 0 unspecified atom stereocenters. The van der Waals surface area contributed by atoms with Crippen LogP contribution in [0.15, 0.2) is 182 Å². The van der Waals surface area contributed by atoms with Crippen LogP contribution in [0.25, 0.3) is 0 Å². The van der Waals surface area contributed by atoms with Crippen LogP contribution in [0.5, 0.6) is 34.5 Å². The first-order chi connectivity index (χ1) is 25.8. The van der Waals surface area contributed by atoms with E-state index in [0.717, 1.165) is 0 Å². The van der Waals surface area contributed by atoms with Crippen LogP contribution in [-0.4, -0.2) is 27.2 Å². The second-order valence-corrected chi connectivity index (χ2v) is 10.9. The molecule has 0 amide bonds. The van der Waals surface area contributed by atoms with Gasteiger partial charge in [-0.15, -0.1) is 0 Å². The molecule has 53 heavy (non-hydrogen) atoms. The van der Waals surface area contributed by atoms with Crippen LogP contribution in [0.4, 0.5) is 0 Å². The summed E-state index contributed by atoms with van der Waals surface area (Å²) in [6.07, 6.45) is 0. The van der Waals surface area contributed by atoms with E-state index in [4.69, 9.17) is 46.3 Å². The van der Waals surface area contributed by atoms with Crippen molar-refractivity contribution in [2.45, 2.75) is 0 Å². The van der Waals surface area contributed by atoms with Gasteiger partial charge in [-0.25, -0.2) is 0 Å². The van der Waals surface area contributed by atoms with E-state index in [-0.39, 0.29) is 21.1 Å². The molecular weight excluding hydrogens is 798 g/mol. The smallest absolute Gasteiger partial charge is 0.409 e. The molecule has 0 bridgehead atoms. The summed E-state index contributed by atoms with van der Waals surface area (Å²) in [5.74, 6) is 4.25. The average Bonchev–Trinajstić information content (AvgIpc) is 3.23. The second kappa shape index (κ2) is 32.3. The van der Waals surface area contributed by atoms with Gasteiger partial charge in [0.2, 0.25) is 0 Å². The van der Waals surface area contributed by atoms with Gasteiger partial charge in [0, 0.05) is 21.1 Å². The fourth-order valence-corrected chi connectivity index (χ4v) is 5.50. The van der Waals surface area contributed by atoms with Crippen LogP contribution in [0.3, 0.4) is 0 Å². The van der Waals surface area contributed by atoms with E-state index in [1.54, 1.807) is 0 Å². The quantitative estimate of drug-likeness (QED) is 0.0871. The number of carbonyl (C=O) groups excluding carboxylic acids is 4. The molecular formula is C40H30MoO10P2. The molecule has 13 heteroatoms. The Kier molecular flexibility index (Phi) is 28.8. The molecule has 6 aromatic carbocycles. The zero-order valence-electron chi connectivity index (χ0n) is 27.7. The van der Waals surface area contributed by atoms with Crippen LogP contribution in [0.1, 0.15) is 0 Å². The SMILES string of the molecule is [C]=O.[C]=O.[C]=O.[C]=O.[Mo].c1ccc(OP(Oc2ccccc2)Oc2ccccc2)cc1.c1ccc(OP(Oc2ccccc2)Oc2ccccc2)cc1. The molecule has 0 aliphatic heterocycles. The summed E-state index contributed by atoms with van der Waals surface area (Å²) in [4.78, 5) is 30.0. The summed E-state index contributed by atoms with van der Waals surface area (Å²) in [5, 5.41) is 0. The molecule has 0 aromatic heterocycles. The van der Waals surface area contributed by atoms with Crippen LogP contribution in [0.2, 0.25) is 0 Å². The molecule has 0 aliphatic carbocycles. The first-order valence-corrected chi connectivity index (χ1v) is 16.8. The molecule has 0 N–H and O–H groups in total. The van der Waals surface area contributed by atoms with E-state index in [2.05, 4.69) is 27.2 Å². The maximum atomic E-state index is 7.50. The van der Waals surface area contributed by atoms with Gasteiger partial charge in [-0.3, -0.25) is 19.2 Å². The van der Waals surface area contributed by atoms with E-state index in [0.29, 0.717) is 34.5 Å². The van der Waals surface area contributed by atoms with Crippen molar-refractivity contribution in [2.24, 2.45) is 0 Å². The molecule has 0 saturated carbocycles. The summed E-state index contributed by atoms with van der Waals surface area (Å²) in [5.41, 5.74) is 0. The summed E-state index contributed by atoms with van der Waals surface area (Å²) >= 11 is 0. The van der Waals surface area contributed by atoms with Gasteiger partial charge in [0.25, 0.3) is 27.2 Å². The maximum absolute atomic E-state index is 7.50. The minimum atomic E-state index is -1.59. The molecule has 10 nitrogen and oxygen atoms in total. The molecule has 0 spiro atoms. The van der Waals surface area contributed by atoms with E-state index >= 15 is 0 Å². The van der Waals surface area contributed by atoms with Crippen molar-refractivity contribution < 1.29 is 67.4 Å². The standard InChI is InChI=1S/2C18H15O3P.4CO.Mo/c2*1-4-10-16(11-5-1)19-22(20-17-12-6-2-7-13-17)21-18-14-8-3-9-15-18;4*1-2;/h2*1-15H;;;;;. The second-order valence-electron chi connectivity index (χ2n) is 8.87. The Labute approximate surface area is 326 Å². The van der Waals surface area contributed by atoms with Crippen molar-refractivity contribution in [3.63, 3.8) is 0 Å². The van der Waals surface area contributed by atoms with Crippen LogP contribution >= 0.6 is 17.2 Å². The van der Waals surface area contributed by atoms with Crippen LogP contribution in [0, 0.1) is 0 Å². The molecule has 6 rings (SSSR count). The maximum Gasteiger partial charge on any atom is 0.530 e. The number of rotatable bonds is 12. The molecule has 0 fully saturated rings. The number of para-hydroxylation sites is 6. The molecule has 0 saturated heterocycles. The Morgan fingerprint density at radius 2 is 0.358 bits per heavy atom. The van der Waals surface area contributed by atoms with Gasteiger partial charge < -0.3 is 27.1 Å². The van der Waals surface area contributed by atoms with Gasteiger partial charge in [0.1, 0.15) is 34.5 Å². The third-order valence-corrected chi connectivity index (χ3v) is 7.70. The monoisotopic (exact) mass is 830 g/mol. The van der Waals surface area contributed by atoms with Crippen molar-refractivity contribution in [1.29, 1.82) is 0 Å². The summed E-state index contributed by atoms with van der Waals surface area (Å²) in [7, 11) is -3.18. The Balaban J connectivity index is 0.000000846.